The Morgan fingerprint density at radius 1 is 1.16 bits per heavy atom. The molecular formula is C18H29N. The lowest BCUT2D eigenvalue weighted by molar-refractivity contribution is 0.786. The number of benzene rings is 1. The summed E-state index contributed by atoms with van der Waals surface area (Å²) in [4.78, 5) is 0. The van der Waals surface area contributed by atoms with E-state index in [1.54, 1.807) is 0 Å². The Labute approximate surface area is 118 Å². The second-order valence-electron chi connectivity index (χ2n) is 5.38. The number of nitrogens with two attached hydrogens (primary N) is 1. The van der Waals surface area contributed by atoms with E-state index >= 15 is 0 Å². The Bertz CT molecular complexity index is 455. The second kappa shape index (κ2) is 7.37. The zero-order valence-corrected chi connectivity index (χ0v) is 13.3. The Morgan fingerprint density at radius 2 is 1.84 bits per heavy atom. The second-order valence-corrected chi connectivity index (χ2v) is 5.38. The molecule has 0 saturated heterocycles. The summed E-state index contributed by atoms with van der Waals surface area (Å²) in [6.07, 6.45) is 5.84. The Kier molecular flexibility index (Phi) is 6.14. The van der Waals surface area contributed by atoms with Crippen molar-refractivity contribution in [1.29, 1.82) is 0 Å². The van der Waals surface area contributed by atoms with Gasteiger partial charge < -0.3 is 5.73 Å². The zero-order chi connectivity index (χ0) is 14.4. The fourth-order valence-corrected chi connectivity index (χ4v) is 2.84. The first-order chi connectivity index (χ1) is 9.06. The van der Waals surface area contributed by atoms with Gasteiger partial charge in [-0.3, -0.25) is 0 Å². The summed E-state index contributed by atoms with van der Waals surface area (Å²) in [7, 11) is 0. The molecule has 0 atom stereocenters. The summed E-state index contributed by atoms with van der Waals surface area (Å²) in [6, 6.07) is 4.24. The van der Waals surface area contributed by atoms with Crippen LogP contribution in [-0.2, 0) is 6.42 Å². The third-order valence-corrected chi connectivity index (χ3v) is 4.07. The van der Waals surface area contributed by atoms with Gasteiger partial charge in [0, 0.05) is 11.3 Å². The van der Waals surface area contributed by atoms with E-state index < -0.39 is 0 Å². The number of hydrogen-bond donors (Lipinski definition) is 1. The van der Waals surface area contributed by atoms with Gasteiger partial charge in [0.2, 0.25) is 0 Å². The lowest BCUT2D eigenvalue weighted by Crippen LogP contribution is -2.02. The highest BCUT2D eigenvalue weighted by molar-refractivity contribution is 5.79. The van der Waals surface area contributed by atoms with Gasteiger partial charge in [-0.15, -0.1) is 0 Å². The van der Waals surface area contributed by atoms with Crippen molar-refractivity contribution >= 4 is 11.3 Å². The van der Waals surface area contributed by atoms with Crippen LogP contribution in [0.2, 0.25) is 0 Å². The molecular weight excluding hydrogens is 230 g/mol. The third-order valence-electron chi connectivity index (χ3n) is 4.07. The maximum absolute atomic E-state index is 6.25. The molecule has 1 rings (SSSR count). The molecule has 1 nitrogen and oxygen atoms in total. The molecule has 2 N–H and O–H groups in total. The van der Waals surface area contributed by atoms with Crippen LogP contribution in [-0.4, -0.2) is 0 Å². The Hall–Kier alpha value is -1.24. The minimum Gasteiger partial charge on any atom is -0.398 e. The van der Waals surface area contributed by atoms with Gasteiger partial charge in [-0.25, -0.2) is 0 Å². The molecule has 0 spiro atoms. The first kappa shape index (κ1) is 15.8. The maximum Gasteiger partial charge on any atom is 0.0393 e. The minimum absolute atomic E-state index is 0.933. The van der Waals surface area contributed by atoms with E-state index in [9.17, 15) is 0 Å². The number of allylic oxidation sites excluding steroid dienone is 2. The lowest BCUT2D eigenvalue weighted by atomic mass is 9.88. The van der Waals surface area contributed by atoms with Crippen LogP contribution in [0.25, 0.3) is 5.57 Å². The molecule has 0 heterocycles. The number of aryl methyl sites for hydroxylation is 1. The van der Waals surface area contributed by atoms with Crippen LogP contribution < -0.4 is 5.73 Å². The fourth-order valence-electron chi connectivity index (χ4n) is 2.84. The van der Waals surface area contributed by atoms with Crippen molar-refractivity contribution in [2.45, 2.75) is 66.7 Å². The number of rotatable bonds is 6. The largest absolute Gasteiger partial charge is 0.398 e. The lowest BCUT2D eigenvalue weighted by Gasteiger charge is -2.18. The Morgan fingerprint density at radius 3 is 2.37 bits per heavy atom. The first-order valence-electron chi connectivity index (χ1n) is 7.63. The van der Waals surface area contributed by atoms with Crippen LogP contribution >= 0.6 is 0 Å². The van der Waals surface area contributed by atoms with E-state index in [2.05, 4.69) is 46.8 Å². The van der Waals surface area contributed by atoms with E-state index in [4.69, 9.17) is 5.73 Å². The summed E-state index contributed by atoms with van der Waals surface area (Å²) in [6.45, 7) is 11.2. The van der Waals surface area contributed by atoms with Crippen LogP contribution in [0.1, 0.15) is 70.1 Å². The monoisotopic (exact) mass is 259 g/mol. The van der Waals surface area contributed by atoms with Crippen molar-refractivity contribution < 1.29 is 0 Å². The van der Waals surface area contributed by atoms with E-state index in [0.717, 1.165) is 18.5 Å². The highest BCUT2D eigenvalue weighted by Gasteiger charge is 2.12. The number of hydrogen-bond acceptors (Lipinski definition) is 1. The van der Waals surface area contributed by atoms with Crippen molar-refractivity contribution in [1.82, 2.24) is 0 Å². The maximum atomic E-state index is 6.25. The molecule has 19 heavy (non-hydrogen) atoms. The van der Waals surface area contributed by atoms with E-state index in [0.29, 0.717) is 0 Å². The summed E-state index contributed by atoms with van der Waals surface area (Å²) in [5.74, 6) is 0. The molecule has 0 aliphatic carbocycles. The van der Waals surface area contributed by atoms with Crippen LogP contribution in [0, 0.1) is 6.92 Å². The Balaban J connectivity index is 3.32. The smallest absolute Gasteiger partial charge is 0.0393 e. The van der Waals surface area contributed by atoms with Crippen molar-refractivity contribution in [2.75, 3.05) is 5.73 Å². The molecule has 0 amide bonds. The van der Waals surface area contributed by atoms with Crippen LogP contribution in [0.5, 0.6) is 0 Å². The summed E-state index contributed by atoms with van der Waals surface area (Å²) >= 11 is 0. The average molecular weight is 259 g/mol. The van der Waals surface area contributed by atoms with Gasteiger partial charge in [0.1, 0.15) is 0 Å². The van der Waals surface area contributed by atoms with Crippen molar-refractivity contribution in [2.24, 2.45) is 0 Å². The quantitative estimate of drug-likeness (QED) is 0.669. The highest BCUT2D eigenvalue weighted by atomic mass is 14.6. The molecule has 0 bridgehead atoms. The molecule has 0 saturated carbocycles. The fraction of sp³-hybridized carbons (Fsp3) is 0.556. The predicted octanol–water partition coefficient (Wildman–Crippen LogP) is 5.51. The molecule has 1 heteroatoms. The number of anilines is 1. The molecule has 106 valence electrons. The number of unbranched alkanes of at least 4 members (excludes halogenated alkanes) is 1. The molecule has 0 unspecified atom stereocenters. The number of nitrogen functional groups attached to an aromatic ring is 1. The van der Waals surface area contributed by atoms with Crippen LogP contribution in [0.15, 0.2) is 17.7 Å². The van der Waals surface area contributed by atoms with Crippen LogP contribution in [0.3, 0.4) is 0 Å². The van der Waals surface area contributed by atoms with Gasteiger partial charge in [0.15, 0.2) is 0 Å². The topological polar surface area (TPSA) is 26.0 Å². The summed E-state index contributed by atoms with van der Waals surface area (Å²) in [5, 5.41) is 0. The van der Waals surface area contributed by atoms with Gasteiger partial charge in [-0.1, -0.05) is 38.8 Å². The minimum atomic E-state index is 0.933. The van der Waals surface area contributed by atoms with Crippen molar-refractivity contribution in [3.63, 3.8) is 0 Å². The van der Waals surface area contributed by atoms with Crippen molar-refractivity contribution in [3.05, 3.63) is 34.4 Å². The van der Waals surface area contributed by atoms with Gasteiger partial charge in [-0.2, -0.15) is 0 Å². The average Bonchev–Trinajstić information content (AvgIpc) is 2.41. The molecule has 1 aromatic carbocycles. The zero-order valence-electron chi connectivity index (χ0n) is 13.3. The highest BCUT2D eigenvalue weighted by Crippen LogP contribution is 2.33. The van der Waals surface area contributed by atoms with Gasteiger partial charge >= 0.3 is 0 Å². The normalized spacial score (nSPS) is 12.5. The van der Waals surface area contributed by atoms with E-state index in [1.807, 2.05) is 0 Å². The van der Waals surface area contributed by atoms with Gasteiger partial charge in [0.05, 0.1) is 0 Å². The van der Waals surface area contributed by atoms with E-state index in [1.165, 1.54) is 47.1 Å². The summed E-state index contributed by atoms with van der Waals surface area (Å²) < 4.78 is 0. The molecule has 0 aliphatic heterocycles. The first-order valence-corrected chi connectivity index (χ1v) is 7.63. The SMILES string of the molecule is CCCC/C(C)=C(/CC)c1c(N)ccc(CC)c1C. The molecule has 1 aromatic rings. The molecule has 0 fully saturated rings. The van der Waals surface area contributed by atoms with E-state index in [-0.39, 0.29) is 0 Å². The van der Waals surface area contributed by atoms with Gasteiger partial charge in [-0.05, 0) is 62.3 Å². The molecule has 0 aliphatic rings. The predicted molar refractivity (Wildman–Crippen MR) is 87.4 cm³/mol. The summed E-state index contributed by atoms with van der Waals surface area (Å²) in [5.41, 5.74) is 14.2. The van der Waals surface area contributed by atoms with Crippen LogP contribution in [0.4, 0.5) is 5.69 Å². The third kappa shape index (κ3) is 3.62. The van der Waals surface area contributed by atoms with Crippen molar-refractivity contribution in [3.8, 4) is 0 Å². The molecule has 0 aromatic heterocycles. The van der Waals surface area contributed by atoms with Gasteiger partial charge in [0.25, 0.3) is 0 Å². The molecule has 0 radical (unpaired) electrons. The standard InChI is InChI=1S/C18H29N/c1-6-9-10-13(4)16(8-3)18-14(5)15(7-2)11-12-17(18)19/h11-12H,6-10,19H2,1-5H3/b16-13-.